The molecule has 1 amide bonds. The second kappa shape index (κ2) is 5.99. The van der Waals surface area contributed by atoms with Crippen molar-refractivity contribution in [1.82, 2.24) is 4.90 Å². The molecule has 110 valence electrons. The number of nitrogens with zero attached hydrogens (tertiary/aromatic N) is 2. The number of hydrogen-bond donors (Lipinski definition) is 1. The summed E-state index contributed by atoms with van der Waals surface area (Å²) in [6.07, 6.45) is 5.49. The van der Waals surface area contributed by atoms with Gasteiger partial charge in [0.25, 0.3) is 5.91 Å². The van der Waals surface area contributed by atoms with Crippen molar-refractivity contribution in [3.05, 3.63) is 64.0 Å². The highest BCUT2D eigenvalue weighted by molar-refractivity contribution is 7.10. The lowest BCUT2D eigenvalue weighted by Crippen LogP contribution is -2.26. The monoisotopic (exact) mass is 310 g/mol. The third-order valence-electron chi connectivity index (χ3n) is 3.24. The molecule has 4 nitrogen and oxygen atoms in total. The molecule has 1 aliphatic heterocycles. The first-order chi connectivity index (χ1) is 10.6. The summed E-state index contributed by atoms with van der Waals surface area (Å²) >= 11 is 1.63. The topological polar surface area (TPSA) is 52.9 Å². The summed E-state index contributed by atoms with van der Waals surface area (Å²) in [4.78, 5) is 19.2. The van der Waals surface area contributed by atoms with Crippen molar-refractivity contribution in [1.29, 1.82) is 0 Å². The van der Waals surface area contributed by atoms with Crippen LogP contribution in [0.2, 0.25) is 0 Å². The zero-order valence-corrected chi connectivity index (χ0v) is 12.7. The Morgan fingerprint density at radius 1 is 1.18 bits per heavy atom. The van der Waals surface area contributed by atoms with E-state index in [0.717, 1.165) is 10.4 Å². The highest BCUT2D eigenvalue weighted by Gasteiger charge is 2.24. The predicted molar refractivity (Wildman–Crippen MR) is 89.6 cm³/mol. The summed E-state index contributed by atoms with van der Waals surface area (Å²) in [5.41, 5.74) is 1.21. The molecule has 0 aliphatic carbocycles. The maximum absolute atomic E-state index is 12.2. The summed E-state index contributed by atoms with van der Waals surface area (Å²) in [5, 5.41) is 11.3. The molecule has 0 bridgehead atoms. The maximum Gasteiger partial charge on any atom is 0.277 e. The van der Waals surface area contributed by atoms with Crippen LogP contribution in [-0.4, -0.2) is 28.8 Å². The number of thiophene rings is 1. The molecule has 0 fully saturated rings. The molecule has 0 saturated heterocycles. The quantitative estimate of drug-likeness (QED) is 0.884. The summed E-state index contributed by atoms with van der Waals surface area (Å²) < 4.78 is 0. The SMILES string of the molecule is CN1C(=O)/C(=C\c2ccc(O)cc2)N=C1/C=C/c1cccs1. The largest absolute Gasteiger partial charge is 0.508 e. The standard InChI is InChI=1S/C17H14N2O2S/c1-19-16(9-8-14-3-2-10-22-14)18-15(17(19)21)11-12-4-6-13(20)7-5-12/h2-11,20H,1H3/b9-8+,15-11+. The lowest BCUT2D eigenvalue weighted by atomic mass is 10.2. The third-order valence-corrected chi connectivity index (χ3v) is 4.08. The molecule has 3 rings (SSSR count). The number of rotatable bonds is 3. The van der Waals surface area contributed by atoms with Gasteiger partial charge >= 0.3 is 0 Å². The van der Waals surface area contributed by atoms with Gasteiger partial charge in [0, 0.05) is 11.9 Å². The molecule has 22 heavy (non-hydrogen) atoms. The fraction of sp³-hybridized carbons (Fsp3) is 0.0588. The Kier molecular flexibility index (Phi) is 3.89. The van der Waals surface area contributed by atoms with Crippen molar-refractivity contribution >= 4 is 35.2 Å². The van der Waals surface area contributed by atoms with Crippen molar-refractivity contribution in [2.24, 2.45) is 4.99 Å². The number of phenols is 1. The molecule has 5 heteroatoms. The van der Waals surface area contributed by atoms with Crippen molar-refractivity contribution in [3.63, 3.8) is 0 Å². The zero-order valence-electron chi connectivity index (χ0n) is 11.9. The number of amidine groups is 1. The van der Waals surface area contributed by atoms with E-state index in [1.54, 1.807) is 48.7 Å². The highest BCUT2D eigenvalue weighted by atomic mass is 32.1. The number of carbonyl (C=O) groups is 1. The first kappa shape index (κ1) is 14.3. The zero-order chi connectivity index (χ0) is 15.5. The van der Waals surface area contributed by atoms with Gasteiger partial charge in [-0.15, -0.1) is 11.3 Å². The lowest BCUT2D eigenvalue weighted by molar-refractivity contribution is -0.121. The third kappa shape index (κ3) is 2.99. The van der Waals surface area contributed by atoms with E-state index >= 15 is 0 Å². The van der Waals surface area contributed by atoms with Gasteiger partial charge in [-0.05, 0) is 47.4 Å². The summed E-state index contributed by atoms with van der Waals surface area (Å²) in [6.45, 7) is 0. The molecule has 0 spiro atoms. The number of likely N-dealkylation sites (N-methyl/N-ethyl adjacent to an activating group) is 1. The van der Waals surface area contributed by atoms with Gasteiger partial charge in [-0.1, -0.05) is 18.2 Å². The molecule has 1 aliphatic rings. The van der Waals surface area contributed by atoms with E-state index in [9.17, 15) is 9.90 Å². The van der Waals surface area contributed by atoms with Gasteiger partial charge in [0.1, 0.15) is 17.3 Å². The minimum absolute atomic E-state index is 0.140. The number of hydrogen-bond acceptors (Lipinski definition) is 4. The summed E-state index contributed by atoms with van der Waals surface area (Å²) in [5.74, 6) is 0.669. The van der Waals surface area contributed by atoms with Crippen molar-refractivity contribution in [2.75, 3.05) is 7.05 Å². The van der Waals surface area contributed by atoms with Crippen molar-refractivity contribution in [2.45, 2.75) is 0 Å². The van der Waals surface area contributed by atoms with Crippen LogP contribution in [0.1, 0.15) is 10.4 Å². The van der Waals surface area contributed by atoms with E-state index in [0.29, 0.717) is 11.5 Å². The number of phenolic OH excluding ortho intramolecular Hbond substituents is 1. The molecule has 0 saturated carbocycles. The maximum atomic E-state index is 12.2. The molecule has 0 unspecified atom stereocenters. The van der Waals surface area contributed by atoms with Crippen LogP contribution in [-0.2, 0) is 4.79 Å². The summed E-state index contributed by atoms with van der Waals surface area (Å²) in [7, 11) is 1.71. The molecule has 1 aromatic carbocycles. The van der Waals surface area contributed by atoms with Gasteiger partial charge in [-0.25, -0.2) is 4.99 Å². The lowest BCUT2D eigenvalue weighted by Gasteiger charge is -2.07. The minimum atomic E-state index is -0.140. The van der Waals surface area contributed by atoms with Crippen LogP contribution in [0.25, 0.3) is 12.2 Å². The van der Waals surface area contributed by atoms with E-state index in [2.05, 4.69) is 4.99 Å². The van der Waals surface area contributed by atoms with E-state index in [-0.39, 0.29) is 11.7 Å². The van der Waals surface area contributed by atoms with E-state index < -0.39 is 0 Å². The first-order valence-corrected chi connectivity index (χ1v) is 7.60. The number of carbonyl (C=O) groups excluding carboxylic acids is 1. The Labute approximate surface area is 132 Å². The summed E-state index contributed by atoms with van der Waals surface area (Å²) in [6, 6.07) is 10.6. The first-order valence-electron chi connectivity index (χ1n) is 6.72. The van der Waals surface area contributed by atoms with Gasteiger partial charge in [0.2, 0.25) is 0 Å². The van der Waals surface area contributed by atoms with Crippen LogP contribution in [0.3, 0.4) is 0 Å². The van der Waals surface area contributed by atoms with Gasteiger partial charge < -0.3 is 5.11 Å². The van der Waals surface area contributed by atoms with E-state index in [4.69, 9.17) is 0 Å². The normalized spacial score (nSPS) is 16.8. The van der Waals surface area contributed by atoms with Crippen LogP contribution in [0.15, 0.2) is 58.5 Å². The molecule has 0 radical (unpaired) electrons. The van der Waals surface area contributed by atoms with E-state index in [1.807, 2.05) is 29.7 Å². The smallest absolute Gasteiger partial charge is 0.277 e. The fourth-order valence-electron chi connectivity index (χ4n) is 2.04. The molecule has 0 atom stereocenters. The minimum Gasteiger partial charge on any atom is -0.508 e. The Balaban J connectivity index is 1.86. The van der Waals surface area contributed by atoms with Gasteiger partial charge in [-0.2, -0.15) is 0 Å². The number of aliphatic imine (C=N–C) groups is 1. The van der Waals surface area contributed by atoms with E-state index in [1.165, 1.54) is 4.90 Å². The number of benzene rings is 1. The van der Waals surface area contributed by atoms with Crippen LogP contribution in [0.5, 0.6) is 5.75 Å². The van der Waals surface area contributed by atoms with Gasteiger partial charge in [-0.3, -0.25) is 9.69 Å². The van der Waals surface area contributed by atoms with Crippen molar-refractivity contribution < 1.29 is 9.90 Å². The van der Waals surface area contributed by atoms with Crippen LogP contribution in [0.4, 0.5) is 0 Å². The molecule has 1 aromatic heterocycles. The number of aromatic hydroxyl groups is 1. The van der Waals surface area contributed by atoms with Crippen molar-refractivity contribution in [3.8, 4) is 5.75 Å². The molecule has 2 heterocycles. The Hall–Kier alpha value is -2.66. The average Bonchev–Trinajstić information content (AvgIpc) is 3.12. The van der Waals surface area contributed by atoms with Gasteiger partial charge in [0.05, 0.1) is 0 Å². The predicted octanol–water partition coefficient (Wildman–Crippen LogP) is 3.38. The van der Waals surface area contributed by atoms with Crippen LogP contribution < -0.4 is 0 Å². The van der Waals surface area contributed by atoms with Gasteiger partial charge in [0.15, 0.2) is 0 Å². The average molecular weight is 310 g/mol. The molecular formula is C17H14N2O2S. The molecule has 1 N–H and O–H groups in total. The second-order valence-corrected chi connectivity index (χ2v) is 5.78. The number of amides is 1. The Morgan fingerprint density at radius 3 is 2.64 bits per heavy atom. The Bertz CT molecular complexity index is 772. The second-order valence-electron chi connectivity index (χ2n) is 4.80. The molecule has 2 aromatic rings. The molecular weight excluding hydrogens is 296 g/mol. The Morgan fingerprint density at radius 2 is 1.95 bits per heavy atom. The van der Waals surface area contributed by atoms with Crippen LogP contribution >= 0.6 is 11.3 Å². The van der Waals surface area contributed by atoms with Crippen LogP contribution in [0, 0.1) is 0 Å². The fourth-order valence-corrected chi connectivity index (χ4v) is 2.65. The highest BCUT2D eigenvalue weighted by Crippen LogP contribution is 2.20.